The molecule has 9 heteroatoms. The van der Waals surface area contributed by atoms with Gasteiger partial charge in [0.25, 0.3) is 10.0 Å². The van der Waals surface area contributed by atoms with Crippen molar-refractivity contribution in [3.8, 4) is 0 Å². The van der Waals surface area contributed by atoms with E-state index in [0.717, 1.165) is 4.88 Å². The summed E-state index contributed by atoms with van der Waals surface area (Å²) in [6.07, 6.45) is 0. The maximum Gasteiger partial charge on any atom is 0.252 e. The number of sulfonamides is 1. The van der Waals surface area contributed by atoms with Crippen LogP contribution in [0.3, 0.4) is 0 Å². The smallest absolute Gasteiger partial charge is 0.252 e. The monoisotopic (exact) mass is 421 g/mol. The first-order chi connectivity index (χ1) is 13.3. The fourth-order valence-electron chi connectivity index (χ4n) is 3.10. The van der Waals surface area contributed by atoms with E-state index in [1.54, 1.807) is 36.4 Å². The second kappa shape index (κ2) is 8.52. The highest BCUT2D eigenvalue weighted by molar-refractivity contribution is 7.91. The molecule has 1 aromatic carbocycles. The highest BCUT2D eigenvalue weighted by Gasteiger charge is 2.30. The van der Waals surface area contributed by atoms with E-state index in [-0.39, 0.29) is 18.2 Å². The van der Waals surface area contributed by atoms with Gasteiger partial charge < -0.3 is 5.32 Å². The van der Waals surface area contributed by atoms with Crippen molar-refractivity contribution in [1.82, 2.24) is 9.21 Å². The van der Waals surface area contributed by atoms with Crippen molar-refractivity contribution in [2.75, 3.05) is 38.0 Å². The molecule has 0 radical (unpaired) electrons. The first kappa shape index (κ1) is 20.7. The molecule has 2 aromatic rings. The van der Waals surface area contributed by atoms with Gasteiger partial charge in [-0.05, 0) is 38.1 Å². The summed E-state index contributed by atoms with van der Waals surface area (Å²) < 4.78 is 27.2. The number of benzene rings is 1. The molecule has 3 rings (SSSR count). The van der Waals surface area contributed by atoms with E-state index in [1.165, 1.54) is 22.6 Å². The number of hydrogen-bond acceptors (Lipinski definition) is 6. The van der Waals surface area contributed by atoms with E-state index < -0.39 is 10.0 Å². The summed E-state index contributed by atoms with van der Waals surface area (Å²) >= 11 is 1.27. The first-order valence-corrected chi connectivity index (χ1v) is 11.2. The number of nitrogens with one attached hydrogen (secondary N) is 1. The molecule has 0 aliphatic carbocycles. The predicted molar refractivity (Wildman–Crippen MR) is 109 cm³/mol. The van der Waals surface area contributed by atoms with E-state index in [1.807, 2.05) is 11.8 Å². The number of aryl methyl sites for hydroxylation is 1. The molecular formula is C19H23N3O4S2. The third-order valence-corrected chi connectivity index (χ3v) is 7.96. The van der Waals surface area contributed by atoms with Gasteiger partial charge in [0.2, 0.25) is 5.91 Å². The van der Waals surface area contributed by atoms with Gasteiger partial charge in [-0.25, -0.2) is 8.42 Å². The van der Waals surface area contributed by atoms with Crippen molar-refractivity contribution >= 4 is 38.7 Å². The summed E-state index contributed by atoms with van der Waals surface area (Å²) in [5.41, 5.74) is 0.965. The maximum absolute atomic E-state index is 12.7. The van der Waals surface area contributed by atoms with Crippen molar-refractivity contribution in [1.29, 1.82) is 0 Å². The molecule has 150 valence electrons. The van der Waals surface area contributed by atoms with Gasteiger partial charge in [0.05, 0.1) is 12.2 Å². The van der Waals surface area contributed by atoms with Crippen LogP contribution in [-0.2, 0) is 14.8 Å². The zero-order chi connectivity index (χ0) is 20.3. The highest BCUT2D eigenvalue weighted by Crippen LogP contribution is 2.25. The topological polar surface area (TPSA) is 86.8 Å². The maximum atomic E-state index is 12.7. The second-order valence-electron chi connectivity index (χ2n) is 6.70. The molecule has 1 amide bonds. The third kappa shape index (κ3) is 4.67. The average molecular weight is 422 g/mol. The van der Waals surface area contributed by atoms with Crippen LogP contribution in [0.4, 0.5) is 5.69 Å². The number of amides is 1. The number of nitrogens with zero attached hydrogens (tertiary/aromatic N) is 2. The number of Topliss-reactive ketones (excluding diaryl/α,β-unsaturated/α-hetero) is 1. The predicted octanol–water partition coefficient (Wildman–Crippen LogP) is 2.20. The lowest BCUT2D eigenvalue weighted by Gasteiger charge is -2.33. The van der Waals surface area contributed by atoms with Gasteiger partial charge in [0.15, 0.2) is 5.78 Å². The SMILES string of the molecule is CC(=O)c1ccccc1NC(=O)CN1CCN(S(=O)(=O)c2ccc(C)s2)CC1. The molecule has 1 N–H and O–H groups in total. The summed E-state index contributed by atoms with van der Waals surface area (Å²) in [5.74, 6) is -0.336. The lowest BCUT2D eigenvalue weighted by molar-refractivity contribution is -0.117. The molecule has 0 spiro atoms. The number of thiophene rings is 1. The second-order valence-corrected chi connectivity index (χ2v) is 10.1. The standard InChI is InChI=1S/C19H23N3O4S2/c1-14-7-8-19(27-14)28(25,26)22-11-9-21(10-12-22)13-18(24)20-17-6-4-3-5-16(17)15(2)23/h3-8H,9-13H2,1-2H3,(H,20,24). The molecule has 1 aliphatic rings. The fraction of sp³-hybridized carbons (Fsp3) is 0.368. The van der Waals surface area contributed by atoms with E-state index in [4.69, 9.17) is 0 Å². The molecule has 2 heterocycles. The third-order valence-electron chi connectivity index (χ3n) is 4.59. The summed E-state index contributed by atoms with van der Waals surface area (Å²) in [5, 5.41) is 2.78. The number of piperazine rings is 1. The minimum atomic E-state index is -3.47. The van der Waals surface area contributed by atoms with Gasteiger partial charge in [-0.2, -0.15) is 4.31 Å². The number of hydrogen-bond donors (Lipinski definition) is 1. The van der Waals surface area contributed by atoms with Crippen molar-refractivity contribution in [2.45, 2.75) is 18.1 Å². The molecule has 1 fully saturated rings. The number of ketones is 1. The van der Waals surface area contributed by atoms with Crippen molar-refractivity contribution in [3.05, 3.63) is 46.8 Å². The summed E-state index contributed by atoms with van der Waals surface area (Å²) in [6, 6.07) is 10.3. The van der Waals surface area contributed by atoms with Crippen LogP contribution in [-0.4, -0.2) is 62.0 Å². The Kier molecular flexibility index (Phi) is 6.29. The zero-order valence-corrected chi connectivity index (χ0v) is 17.5. The average Bonchev–Trinajstić information content (AvgIpc) is 3.09. The van der Waals surface area contributed by atoms with Crippen LogP contribution in [0.2, 0.25) is 0 Å². The van der Waals surface area contributed by atoms with Crippen molar-refractivity contribution in [3.63, 3.8) is 0 Å². The van der Waals surface area contributed by atoms with Crippen LogP contribution in [0.25, 0.3) is 0 Å². The Morgan fingerprint density at radius 1 is 1.07 bits per heavy atom. The Hall–Kier alpha value is -2.07. The molecule has 28 heavy (non-hydrogen) atoms. The molecule has 0 bridgehead atoms. The van der Waals surface area contributed by atoms with Gasteiger partial charge in [-0.15, -0.1) is 11.3 Å². The lowest BCUT2D eigenvalue weighted by atomic mass is 10.1. The quantitative estimate of drug-likeness (QED) is 0.723. The minimum Gasteiger partial charge on any atom is -0.324 e. The number of para-hydroxylation sites is 1. The van der Waals surface area contributed by atoms with Gasteiger partial charge in [-0.1, -0.05) is 12.1 Å². The molecule has 7 nitrogen and oxygen atoms in total. The largest absolute Gasteiger partial charge is 0.324 e. The van der Waals surface area contributed by atoms with Crippen molar-refractivity contribution < 1.29 is 18.0 Å². The number of carbonyl (C=O) groups is 2. The van der Waals surface area contributed by atoms with Gasteiger partial charge in [0, 0.05) is 36.6 Å². The number of rotatable bonds is 6. The lowest BCUT2D eigenvalue weighted by Crippen LogP contribution is -2.50. The minimum absolute atomic E-state index is 0.112. The van der Waals surface area contributed by atoms with Crippen LogP contribution in [0.1, 0.15) is 22.2 Å². The van der Waals surface area contributed by atoms with Crippen LogP contribution >= 0.6 is 11.3 Å². The van der Waals surface area contributed by atoms with Crippen molar-refractivity contribution in [2.24, 2.45) is 0 Å². The van der Waals surface area contributed by atoms with Crippen LogP contribution in [0, 0.1) is 6.92 Å². The van der Waals surface area contributed by atoms with Crippen LogP contribution < -0.4 is 5.32 Å². The Labute approximate surface area is 169 Å². The van der Waals surface area contributed by atoms with Gasteiger partial charge in [0.1, 0.15) is 4.21 Å². The summed E-state index contributed by atoms with van der Waals surface area (Å²) in [7, 11) is -3.47. The first-order valence-electron chi connectivity index (χ1n) is 8.96. The number of carbonyl (C=O) groups excluding carboxylic acids is 2. The fourth-order valence-corrected chi connectivity index (χ4v) is 5.96. The Balaban J connectivity index is 1.56. The molecule has 0 unspecified atom stereocenters. The Morgan fingerprint density at radius 3 is 2.36 bits per heavy atom. The zero-order valence-electron chi connectivity index (χ0n) is 15.8. The normalized spacial score (nSPS) is 16.1. The molecule has 0 saturated carbocycles. The van der Waals surface area contributed by atoms with Gasteiger partial charge >= 0.3 is 0 Å². The molecule has 1 aromatic heterocycles. The molecule has 0 atom stereocenters. The molecule has 1 saturated heterocycles. The van der Waals surface area contributed by atoms with Crippen LogP contribution in [0.5, 0.6) is 0 Å². The highest BCUT2D eigenvalue weighted by atomic mass is 32.2. The van der Waals surface area contributed by atoms with E-state index in [0.29, 0.717) is 41.6 Å². The molecular weight excluding hydrogens is 398 g/mol. The molecule has 1 aliphatic heterocycles. The Bertz CT molecular complexity index is 977. The van der Waals surface area contributed by atoms with Crippen LogP contribution in [0.15, 0.2) is 40.6 Å². The summed E-state index contributed by atoms with van der Waals surface area (Å²) in [4.78, 5) is 26.9. The van der Waals surface area contributed by atoms with Gasteiger partial charge in [-0.3, -0.25) is 14.5 Å². The van der Waals surface area contributed by atoms with E-state index >= 15 is 0 Å². The Morgan fingerprint density at radius 2 is 1.75 bits per heavy atom. The van der Waals surface area contributed by atoms with E-state index in [2.05, 4.69) is 5.32 Å². The number of anilines is 1. The summed E-state index contributed by atoms with van der Waals surface area (Å²) in [6.45, 7) is 5.13. The van der Waals surface area contributed by atoms with E-state index in [9.17, 15) is 18.0 Å².